The second kappa shape index (κ2) is 7.73. The third-order valence-electron chi connectivity index (χ3n) is 8.05. The number of allylic oxidation sites excluding steroid dienone is 1. The molecule has 6 heteroatoms. The summed E-state index contributed by atoms with van der Waals surface area (Å²) >= 11 is 0. The molecule has 3 N–H and O–H groups in total. The number of hydrogen-bond acceptors (Lipinski definition) is 6. The molecular weight excluding hydrogens is 408 g/mol. The third-order valence-corrected chi connectivity index (χ3v) is 8.05. The summed E-state index contributed by atoms with van der Waals surface area (Å²) in [5.41, 5.74) is 4.49. The van der Waals surface area contributed by atoms with E-state index in [4.69, 9.17) is 14.2 Å². The van der Waals surface area contributed by atoms with Crippen molar-refractivity contribution in [3.63, 3.8) is 0 Å². The van der Waals surface area contributed by atoms with Crippen LogP contribution in [-0.2, 0) is 4.74 Å². The van der Waals surface area contributed by atoms with Gasteiger partial charge in [0.25, 0.3) is 0 Å². The Hall–Kier alpha value is -2.12. The van der Waals surface area contributed by atoms with Gasteiger partial charge in [-0.2, -0.15) is 0 Å². The molecule has 1 aromatic carbocycles. The van der Waals surface area contributed by atoms with Crippen molar-refractivity contribution in [3.8, 4) is 11.5 Å². The van der Waals surface area contributed by atoms with Crippen LogP contribution >= 0.6 is 0 Å². The van der Waals surface area contributed by atoms with E-state index in [1.807, 2.05) is 25.1 Å². The minimum Gasteiger partial charge on any atom is -0.454 e. The van der Waals surface area contributed by atoms with Crippen LogP contribution in [0.2, 0.25) is 0 Å². The molecule has 0 amide bonds. The van der Waals surface area contributed by atoms with Crippen LogP contribution in [0.5, 0.6) is 11.5 Å². The van der Waals surface area contributed by atoms with Gasteiger partial charge in [-0.05, 0) is 66.0 Å². The second-order valence-corrected chi connectivity index (χ2v) is 9.64. The van der Waals surface area contributed by atoms with Gasteiger partial charge in [-0.1, -0.05) is 44.1 Å². The molecule has 0 saturated heterocycles. The van der Waals surface area contributed by atoms with E-state index in [2.05, 4.69) is 26.8 Å². The minimum absolute atomic E-state index is 0.0690. The van der Waals surface area contributed by atoms with Crippen molar-refractivity contribution in [2.45, 2.75) is 58.5 Å². The lowest BCUT2D eigenvalue weighted by molar-refractivity contribution is -0.205. The standard InChI is InChI=1S/C26H32O6/c1-5-26(29)21-10-18-15(4)14(3)17(8-19(18)24(27)20(21)11-30-25(26)28)7-16-9-23-22(6-13(16)2)31-12-32-23/h6-7,9-10,14-15,19,24-25,27-29H,5,8,11-12H2,1-4H3/b17-7-/t14-,15?,19?,24?,25?,26-/m0/s1. The van der Waals surface area contributed by atoms with Crippen molar-refractivity contribution in [1.82, 2.24) is 0 Å². The fourth-order valence-electron chi connectivity index (χ4n) is 5.67. The molecule has 1 saturated carbocycles. The van der Waals surface area contributed by atoms with Crippen molar-refractivity contribution in [1.29, 1.82) is 0 Å². The van der Waals surface area contributed by atoms with Crippen molar-refractivity contribution in [3.05, 3.63) is 51.6 Å². The summed E-state index contributed by atoms with van der Waals surface area (Å²) < 4.78 is 16.5. The molecule has 1 aromatic rings. The highest BCUT2D eigenvalue weighted by molar-refractivity contribution is 5.63. The van der Waals surface area contributed by atoms with Crippen LogP contribution in [0, 0.1) is 24.7 Å². The Labute approximate surface area is 188 Å². The smallest absolute Gasteiger partial charge is 0.231 e. The largest absolute Gasteiger partial charge is 0.454 e. The number of hydrogen-bond donors (Lipinski definition) is 3. The highest BCUT2D eigenvalue weighted by atomic mass is 16.7. The molecular formula is C26H32O6. The molecule has 5 rings (SSSR count). The number of rotatable bonds is 2. The van der Waals surface area contributed by atoms with Gasteiger partial charge in [-0.15, -0.1) is 0 Å². The molecule has 4 unspecified atom stereocenters. The Morgan fingerprint density at radius 2 is 1.84 bits per heavy atom. The zero-order valence-corrected chi connectivity index (χ0v) is 19.1. The second-order valence-electron chi connectivity index (χ2n) is 9.64. The highest BCUT2D eigenvalue weighted by Gasteiger charge is 2.49. The van der Waals surface area contributed by atoms with E-state index in [0.29, 0.717) is 17.6 Å². The van der Waals surface area contributed by atoms with Crippen molar-refractivity contribution >= 4 is 6.08 Å². The Bertz CT molecular complexity index is 1040. The summed E-state index contributed by atoms with van der Waals surface area (Å²) in [6.45, 7) is 8.67. The van der Waals surface area contributed by atoms with Crippen LogP contribution in [0.3, 0.4) is 0 Å². The molecule has 0 bridgehead atoms. The summed E-state index contributed by atoms with van der Waals surface area (Å²) in [6.07, 6.45) is 3.28. The van der Waals surface area contributed by atoms with Crippen LogP contribution in [0.15, 0.2) is 40.5 Å². The summed E-state index contributed by atoms with van der Waals surface area (Å²) in [6, 6.07) is 4.04. The first-order chi connectivity index (χ1) is 15.2. The number of aliphatic hydroxyl groups is 3. The average Bonchev–Trinajstić information content (AvgIpc) is 3.22. The first-order valence-electron chi connectivity index (χ1n) is 11.5. The predicted octanol–water partition coefficient (Wildman–Crippen LogP) is 3.49. The Kier molecular flexibility index (Phi) is 5.25. The third kappa shape index (κ3) is 3.16. The van der Waals surface area contributed by atoms with Crippen LogP contribution in [-0.4, -0.2) is 46.7 Å². The molecule has 2 aliphatic carbocycles. The maximum atomic E-state index is 11.3. The van der Waals surface area contributed by atoms with Gasteiger partial charge in [-0.3, -0.25) is 0 Å². The van der Waals surface area contributed by atoms with Crippen LogP contribution in [0.25, 0.3) is 6.08 Å². The van der Waals surface area contributed by atoms with E-state index in [0.717, 1.165) is 34.6 Å². The topological polar surface area (TPSA) is 88.4 Å². The molecule has 6 nitrogen and oxygen atoms in total. The van der Waals surface area contributed by atoms with Gasteiger partial charge < -0.3 is 29.5 Å². The first-order valence-corrected chi connectivity index (χ1v) is 11.5. The summed E-state index contributed by atoms with van der Waals surface area (Å²) in [5.74, 6) is 1.95. The Morgan fingerprint density at radius 1 is 1.12 bits per heavy atom. The van der Waals surface area contributed by atoms with Gasteiger partial charge in [0.15, 0.2) is 17.8 Å². The number of ether oxygens (including phenoxy) is 3. The van der Waals surface area contributed by atoms with E-state index in [1.165, 1.54) is 5.57 Å². The predicted molar refractivity (Wildman–Crippen MR) is 120 cm³/mol. The number of aryl methyl sites for hydroxylation is 1. The minimum atomic E-state index is -1.49. The summed E-state index contributed by atoms with van der Waals surface area (Å²) in [7, 11) is 0. The maximum Gasteiger partial charge on any atom is 0.231 e. The molecule has 172 valence electrons. The molecule has 4 aliphatic rings. The average molecular weight is 441 g/mol. The number of benzene rings is 1. The van der Waals surface area contributed by atoms with Crippen LogP contribution in [0.1, 0.15) is 44.7 Å². The van der Waals surface area contributed by atoms with Crippen molar-refractivity contribution < 1.29 is 29.5 Å². The molecule has 0 aromatic heterocycles. The van der Waals surface area contributed by atoms with Gasteiger partial charge in [0.2, 0.25) is 6.79 Å². The van der Waals surface area contributed by atoms with Gasteiger partial charge in [0, 0.05) is 5.92 Å². The first kappa shape index (κ1) is 21.7. The molecule has 0 spiro atoms. The van der Waals surface area contributed by atoms with Gasteiger partial charge in [0.1, 0.15) is 5.60 Å². The zero-order valence-electron chi connectivity index (χ0n) is 19.1. The normalized spacial score (nSPS) is 37.3. The lowest BCUT2D eigenvalue weighted by Crippen LogP contribution is -2.52. The van der Waals surface area contributed by atoms with Crippen LogP contribution in [0.4, 0.5) is 0 Å². The van der Waals surface area contributed by atoms with E-state index in [9.17, 15) is 15.3 Å². The number of fused-ring (bicyclic) bond motifs is 2. The quantitative estimate of drug-likeness (QED) is 0.653. The highest BCUT2D eigenvalue weighted by Crippen LogP contribution is 2.50. The van der Waals surface area contributed by atoms with Gasteiger partial charge in [0.05, 0.1) is 12.7 Å². The van der Waals surface area contributed by atoms with Crippen molar-refractivity contribution in [2.24, 2.45) is 17.8 Å². The van der Waals surface area contributed by atoms with E-state index in [1.54, 1.807) is 0 Å². The van der Waals surface area contributed by atoms with E-state index >= 15 is 0 Å². The fourth-order valence-corrected chi connectivity index (χ4v) is 5.67. The fraction of sp³-hybridized carbons (Fsp3) is 0.538. The number of aliphatic hydroxyl groups excluding tert-OH is 2. The zero-order chi connectivity index (χ0) is 22.8. The molecule has 0 radical (unpaired) electrons. The molecule has 2 aliphatic heterocycles. The lowest BCUT2D eigenvalue weighted by atomic mass is 9.62. The van der Waals surface area contributed by atoms with Gasteiger partial charge >= 0.3 is 0 Å². The summed E-state index contributed by atoms with van der Waals surface area (Å²) in [4.78, 5) is 0. The van der Waals surface area contributed by atoms with E-state index in [-0.39, 0.29) is 31.2 Å². The maximum absolute atomic E-state index is 11.3. The van der Waals surface area contributed by atoms with E-state index < -0.39 is 18.0 Å². The Balaban J connectivity index is 1.52. The SMILES string of the molecule is CC[C@]1(O)C2=C(COC1O)C(O)C1C/C(=C/c3cc4c(cc3C)OCO4)[C@@H](C)C(C)C1=C2. The van der Waals surface area contributed by atoms with Crippen LogP contribution < -0.4 is 9.47 Å². The molecule has 6 atom stereocenters. The van der Waals surface area contributed by atoms with Crippen molar-refractivity contribution in [2.75, 3.05) is 13.4 Å². The lowest BCUT2D eigenvalue weighted by Gasteiger charge is -2.48. The molecule has 32 heavy (non-hydrogen) atoms. The Morgan fingerprint density at radius 3 is 2.56 bits per heavy atom. The van der Waals surface area contributed by atoms with Gasteiger partial charge in [-0.25, -0.2) is 0 Å². The molecule has 1 fully saturated rings. The molecule has 2 heterocycles. The monoisotopic (exact) mass is 440 g/mol. The summed E-state index contributed by atoms with van der Waals surface area (Å²) in [5, 5.41) is 32.8.